The zero-order chi connectivity index (χ0) is 22.7. The predicted octanol–water partition coefficient (Wildman–Crippen LogP) is 6.46. The van der Waals surface area contributed by atoms with Crippen LogP contribution < -0.4 is 0 Å². The lowest BCUT2D eigenvalue weighted by Crippen LogP contribution is -2.27. The third-order valence-corrected chi connectivity index (χ3v) is 7.23. The molecule has 3 aromatic rings. The number of carbonyl (C=O) groups excluding carboxylic acids is 1. The molecule has 1 fully saturated rings. The van der Waals surface area contributed by atoms with Gasteiger partial charge >= 0.3 is 0 Å². The molecule has 1 saturated heterocycles. The highest BCUT2D eigenvalue weighted by Gasteiger charge is 2.32. The molecule has 0 spiro atoms. The van der Waals surface area contributed by atoms with Gasteiger partial charge in [-0.2, -0.15) is 0 Å². The van der Waals surface area contributed by atoms with Crippen LogP contribution in [0.25, 0.3) is 6.08 Å². The molecule has 0 radical (unpaired) electrons. The lowest BCUT2D eigenvalue weighted by molar-refractivity contribution is -0.387. The minimum absolute atomic E-state index is 0.00379. The van der Waals surface area contributed by atoms with Gasteiger partial charge in [-0.25, -0.2) is 0 Å². The Morgan fingerprint density at radius 1 is 1.09 bits per heavy atom. The Hall–Kier alpha value is -2.94. The molecule has 1 aliphatic rings. The second-order valence-electron chi connectivity index (χ2n) is 7.15. The molecule has 0 atom stereocenters. The van der Waals surface area contributed by atoms with Gasteiger partial charge in [0.1, 0.15) is 4.32 Å². The summed E-state index contributed by atoms with van der Waals surface area (Å²) in [7, 11) is 0. The number of thiocarbonyl (C=S) groups is 1. The van der Waals surface area contributed by atoms with Crippen molar-refractivity contribution in [2.45, 2.75) is 23.3 Å². The maximum Gasteiger partial charge on any atom is 0.283 e. The Balaban J connectivity index is 1.57. The van der Waals surface area contributed by atoms with E-state index in [0.29, 0.717) is 26.2 Å². The highest BCUT2D eigenvalue weighted by Crippen LogP contribution is 2.38. The average molecular weight is 479 g/mol. The Kier molecular flexibility index (Phi) is 6.74. The molecule has 1 amide bonds. The Labute approximate surface area is 199 Å². The summed E-state index contributed by atoms with van der Waals surface area (Å²) in [5.41, 5.74) is 2.70. The van der Waals surface area contributed by atoms with Crippen LogP contribution in [0.5, 0.6) is 0 Å². The summed E-state index contributed by atoms with van der Waals surface area (Å²) in [6.45, 7) is 2.39. The zero-order valence-corrected chi connectivity index (χ0v) is 19.5. The van der Waals surface area contributed by atoms with Gasteiger partial charge in [0.15, 0.2) is 0 Å². The van der Waals surface area contributed by atoms with Crippen molar-refractivity contribution in [3.8, 4) is 0 Å². The maximum atomic E-state index is 12.9. The van der Waals surface area contributed by atoms with E-state index < -0.39 is 4.92 Å². The number of aryl methyl sites for hydroxylation is 1. The monoisotopic (exact) mass is 478 g/mol. The van der Waals surface area contributed by atoms with E-state index in [4.69, 9.17) is 12.2 Å². The fourth-order valence-electron chi connectivity index (χ4n) is 3.14. The van der Waals surface area contributed by atoms with Crippen molar-refractivity contribution in [2.75, 3.05) is 0 Å². The standard InChI is InChI=1S/C24H18N2O3S3/c1-16-7-10-19(11-8-16)31-21-12-9-18(13-20(21)26(28)29)14-22-23(27)25(24(30)32-22)15-17-5-3-2-4-6-17/h2-14H,15H2,1H3. The molecule has 0 unspecified atom stereocenters. The number of nitrogens with zero attached hydrogens (tertiary/aromatic N) is 2. The molecule has 0 N–H and O–H groups in total. The van der Waals surface area contributed by atoms with Gasteiger partial charge in [-0.15, -0.1) is 0 Å². The van der Waals surface area contributed by atoms with Crippen molar-refractivity contribution in [1.29, 1.82) is 0 Å². The summed E-state index contributed by atoms with van der Waals surface area (Å²) in [5, 5.41) is 11.7. The van der Waals surface area contributed by atoms with Gasteiger partial charge in [-0.3, -0.25) is 19.8 Å². The Morgan fingerprint density at radius 2 is 1.81 bits per heavy atom. The lowest BCUT2D eigenvalue weighted by atomic mass is 10.1. The highest BCUT2D eigenvalue weighted by molar-refractivity contribution is 8.26. The van der Waals surface area contributed by atoms with Crippen molar-refractivity contribution in [2.24, 2.45) is 0 Å². The van der Waals surface area contributed by atoms with Gasteiger partial charge in [-0.1, -0.05) is 89.8 Å². The lowest BCUT2D eigenvalue weighted by Gasteiger charge is -2.14. The second kappa shape index (κ2) is 9.68. The van der Waals surface area contributed by atoms with E-state index in [2.05, 4.69) is 0 Å². The van der Waals surface area contributed by atoms with Crippen LogP contribution in [-0.4, -0.2) is 20.1 Å². The van der Waals surface area contributed by atoms with E-state index in [1.807, 2.05) is 61.5 Å². The van der Waals surface area contributed by atoms with E-state index in [1.165, 1.54) is 29.6 Å². The van der Waals surface area contributed by atoms with Crippen LogP contribution >= 0.6 is 35.7 Å². The van der Waals surface area contributed by atoms with Crippen LogP contribution in [-0.2, 0) is 11.3 Å². The number of hydrogen-bond donors (Lipinski definition) is 0. The van der Waals surface area contributed by atoms with Gasteiger partial charge in [0.2, 0.25) is 0 Å². The van der Waals surface area contributed by atoms with Crippen molar-refractivity contribution in [1.82, 2.24) is 4.90 Å². The number of amides is 1. The number of carbonyl (C=O) groups is 1. The van der Waals surface area contributed by atoms with Gasteiger partial charge in [-0.05, 0) is 42.3 Å². The van der Waals surface area contributed by atoms with Crippen molar-refractivity contribution in [3.63, 3.8) is 0 Å². The molecule has 4 rings (SSSR count). The summed E-state index contributed by atoms with van der Waals surface area (Å²) in [6, 6.07) is 22.5. The molecule has 1 heterocycles. The minimum Gasteiger partial charge on any atom is -0.288 e. The zero-order valence-electron chi connectivity index (χ0n) is 17.1. The molecule has 8 heteroatoms. The summed E-state index contributed by atoms with van der Waals surface area (Å²) in [6.07, 6.45) is 1.66. The van der Waals surface area contributed by atoms with Crippen LogP contribution in [0.2, 0.25) is 0 Å². The minimum atomic E-state index is -0.394. The summed E-state index contributed by atoms with van der Waals surface area (Å²) in [4.78, 5) is 27.7. The fraction of sp³-hybridized carbons (Fsp3) is 0.0833. The molecule has 1 aliphatic heterocycles. The van der Waals surface area contributed by atoms with Gasteiger partial charge in [0, 0.05) is 11.0 Å². The predicted molar refractivity (Wildman–Crippen MR) is 134 cm³/mol. The van der Waals surface area contributed by atoms with Gasteiger partial charge < -0.3 is 0 Å². The molecule has 0 bridgehead atoms. The van der Waals surface area contributed by atoms with E-state index >= 15 is 0 Å². The van der Waals surface area contributed by atoms with E-state index in [1.54, 1.807) is 23.1 Å². The first-order valence-corrected chi connectivity index (χ1v) is 11.8. The molecule has 0 aromatic heterocycles. The Bertz CT molecular complexity index is 1220. The highest BCUT2D eigenvalue weighted by atomic mass is 32.2. The quantitative estimate of drug-likeness (QED) is 0.175. The van der Waals surface area contributed by atoms with Crippen molar-refractivity contribution >= 4 is 57.7 Å². The van der Waals surface area contributed by atoms with E-state index in [0.717, 1.165) is 16.0 Å². The third kappa shape index (κ3) is 5.09. The molecular weight excluding hydrogens is 460 g/mol. The number of nitro benzene ring substituents is 1. The van der Waals surface area contributed by atoms with Gasteiger partial charge in [0.05, 0.1) is 21.3 Å². The van der Waals surface area contributed by atoms with Crippen LogP contribution in [0.1, 0.15) is 16.7 Å². The number of nitro groups is 1. The van der Waals surface area contributed by atoms with Crippen LogP contribution in [0.15, 0.2) is 87.5 Å². The number of thioether (sulfide) groups is 1. The first-order chi connectivity index (χ1) is 15.4. The van der Waals surface area contributed by atoms with Crippen molar-refractivity contribution < 1.29 is 9.72 Å². The smallest absolute Gasteiger partial charge is 0.283 e. The fourth-order valence-corrected chi connectivity index (χ4v) is 5.30. The summed E-state index contributed by atoms with van der Waals surface area (Å²) < 4.78 is 0.478. The molecule has 0 aliphatic carbocycles. The first-order valence-electron chi connectivity index (χ1n) is 9.73. The second-order valence-corrected chi connectivity index (χ2v) is 9.94. The summed E-state index contributed by atoms with van der Waals surface area (Å²) in [5.74, 6) is -0.190. The topological polar surface area (TPSA) is 63.5 Å². The number of hydrogen-bond acceptors (Lipinski definition) is 6. The molecular formula is C24H18N2O3S3. The summed E-state index contributed by atoms with van der Waals surface area (Å²) >= 11 is 7.95. The van der Waals surface area contributed by atoms with Crippen LogP contribution in [0.4, 0.5) is 5.69 Å². The first kappa shape index (κ1) is 22.3. The number of rotatable bonds is 6. The normalized spacial score (nSPS) is 14.9. The Morgan fingerprint density at radius 3 is 2.50 bits per heavy atom. The molecule has 5 nitrogen and oxygen atoms in total. The molecule has 160 valence electrons. The molecule has 0 saturated carbocycles. The van der Waals surface area contributed by atoms with E-state index in [9.17, 15) is 14.9 Å². The SMILES string of the molecule is Cc1ccc(Sc2ccc(C=C3SC(=S)N(Cc4ccccc4)C3=O)cc2[N+](=O)[O-])cc1. The molecule has 3 aromatic carbocycles. The van der Waals surface area contributed by atoms with E-state index in [-0.39, 0.29) is 11.6 Å². The van der Waals surface area contributed by atoms with Crippen LogP contribution in [0.3, 0.4) is 0 Å². The largest absolute Gasteiger partial charge is 0.288 e. The number of benzene rings is 3. The molecule has 32 heavy (non-hydrogen) atoms. The van der Waals surface area contributed by atoms with Gasteiger partial charge in [0.25, 0.3) is 11.6 Å². The maximum absolute atomic E-state index is 12.9. The average Bonchev–Trinajstić information content (AvgIpc) is 3.04. The van der Waals surface area contributed by atoms with Crippen LogP contribution in [0, 0.1) is 17.0 Å². The third-order valence-electron chi connectivity index (χ3n) is 4.78. The van der Waals surface area contributed by atoms with Crippen molar-refractivity contribution in [3.05, 3.63) is 105 Å².